The Hall–Kier alpha value is -0.830. The second kappa shape index (κ2) is 7.56. The second-order valence-corrected chi connectivity index (χ2v) is 3.90. The fraction of sp³-hybridized carbons (Fsp3) is 0.727. The van der Waals surface area contributed by atoms with Crippen LogP contribution in [-0.2, 0) is 4.79 Å². The lowest BCUT2D eigenvalue weighted by Gasteiger charge is -2.07. The number of allylic oxidation sites excluding steroid dienone is 1. The molecule has 0 aromatic carbocycles. The molecule has 82 valence electrons. The van der Waals surface area contributed by atoms with Crippen molar-refractivity contribution in [2.24, 2.45) is 5.73 Å². The molecule has 0 bridgehead atoms. The molecule has 0 aromatic heterocycles. The predicted octanol–water partition coefficient (Wildman–Crippen LogP) is 1.54. The molecular weight excluding hydrogens is 176 g/mol. The average molecular weight is 198 g/mol. The van der Waals surface area contributed by atoms with Gasteiger partial charge in [-0.2, -0.15) is 0 Å². The van der Waals surface area contributed by atoms with Crippen molar-refractivity contribution in [3.63, 3.8) is 0 Å². The Morgan fingerprint density at radius 2 is 1.93 bits per heavy atom. The molecule has 3 nitrogen and oxygen atoms in total. The first-order chi connectivity index (χ1) is 6.54. The van der Waals surface area contributed by atoms with E-state index in [1.165, 1.54) is 12.8 Å². The quantitative estimate of drug-likeness (QED) is 0.498. The van der Waals surface area contributed by atoms with Crippen LogP contribution in [-0.4, -0.2) is 31.4 Å². The zero-order valence-corrected chi connectivity index (χ0v) is 9.55. The van der Waals surface area contributed by atoms with Crippen LogP contribution in [0.5, 0.6) is 0 Å². The lowest BCUT2D eigenvalue weighted by atomic mass is 10.1. The minimum Gasteiger partial charge on any atom is -0.366 e. The van der Waals surface area contributed by atoms with Crippen LogP contribution in [0.15, 0.2) is 11.6 Å². The molecule has 0 saturated heterocycles. The first-order valence-corrected chi connectivity index (χ1v) is 5.15. The Bertz CT molecular complexity index is 197. The van der Waals surface area contributed by atoms with E-state index in [9.17, 15) is 4.79 Å². The van der Waals surface area contributed by atoms with Crippen LogP contribution in [0.25, 0.3) is 0 Å². The summed E-state index contributed by atoms with van der Waals surface area (Å²) in [4.78, 5) is 12.8. The summed E-state index contributed by atoms with van der Waals surface area (Å²) in [6, 6.07) is 0. The first kappa shape index (κ1) is 13.2. The van der Waals surface area contributed by atoms with Crippen molar-refractivity contribution in [3.8, 4) is 0 Å². The minimum absolute atomic E-state index is 0.307. The van der Waals surface area contributed by atoms with Crippen LogP contribution >= 0.6 is 0 Å². The highest BCUT2D eigenvalue weighted by Crippen LogP contribution is 2.03. The monoisotopic (exact) mass is 198 g/mol. The van der Waals surface area contributed by atoms with Crippen molar-refractivity contribution in [2.75, 3.05) is 20.6 Å². The Kier molecular flexibility index (Phi) is 7.11. The molecule has 14 heavy (non-hydrogen) atoms. The van der Waals surface area contributed by atoms with Gasteiger partial charge in [-0.25, -0.2) is 0 Å². The van der Waals surface area contributed by atoms with E-state index < -0.39 is 0 Å². The van der Waals surface area contributed by atoms with Crippen LogP contribution in [0.2, 0.25) is 0 Å². The second-order valence-electron chi connectivity index (χ2n) is 3.90. The van der Waals surface area contributed by atoms with Gasteiger partial charge in [-0.05, 0) is 46.8 Å². The minimum atomic E-state index is -0.307. The molecule has 3 heteroatoms. The van der Waals surface area contributed by atoms with Crippen molar-refractivity contribution in [2.45, 2.75) is 32.6 Å². The molecule has 0 atom stereocenters. The number of carbonyl (C=O) groups is 1. The van der Waals surface area contributed by atoms with Crippen molar-refractivity contribution >= 4 is 5.91 Å². The lowest BCUT2D eigenvalue weighted by molar-refractivity contribution is -0.114. The van der Waals surface area contributed by atoms with E-state index in [1.54, 1.807) is 6.92 Å². The number of nitrogens with two attached hydrogens (primary N) is 1. The third-order valence-corrected chi connectivity index (χ3v) is 2.15. The zero-order valence-electron chi connectivity index (χ0n) is 9.55. The molecule has 0 rings (SSSR count). The summed E-state index contributed by atoms with van der Waals surface area (Å²) in [5, 5.41) is 0. The summed E-state index contributed by atoms with van der Waals surface area (Å²) in [6.07, 6.45) is 6.45. The maximum absolute atomic E-state index is 10.7. The Morgan fingerprint density at radius 3 is 2.43 bits per heavy atom. The fourth-order valence-electron chi connectivity index (χ4n) is 1.17. The number of hydrogen-bond acceptors (Lipinski definition) is 2. The Labute approximate surface area is 87.0 Å². The molecule has 0 aliphatic heterocycles. The number of primary amides is 1. The molecule has 0 aliphatic rings. The molecule has 0 saturated carbocycles. The third-order valence-electron chi connectivity index (χ3n) is 2.15. The van der Waals surface area contributed by atoms with Gasteiger partial charge in [0.05, 0.1) is 0 Å². The number of rotatable bonds is 7. The van der Waals surface area contributed by atoms with Gasteiger partial charge >= 0.3 is 0 Å². The van der Waals surface area contributed by atoms with Gasteiger partial charge in [0.2, 0.25) is 5.91 Å². The van der Waals surface area contributed by atoms with Crippen LogP contribution in [0, 0.1) is 0 Å². The van der Waals surface area contributed by atoms with E-state index in [-0.39, 0.29) is 5.91 Å². The molecule has 0 aromatic rings. The SMILES string of the molecule is CC(=CCCCCCN(C)C)C(N)=O. The van der Waals surface area contributed by atoms with Gasteiger partial charge in [-0.15, -0.1) is 0 Å². The average Bonchev–Trinajstić information content (AvgIpc) is 2.09. The Balaban J connectivity index is 3.38. The van der Waals surface area contributed by atoms with Crippen molar-refractivity contribution < 1.29 is 4.79 Å². The van der Waals surface area contributed by atoms with Gasteiger partial charge in [-0.3, -0.25) is 4.79 Å². The molecule has 1 amide bonds. The van der Waals surface area contributed by atoms with Crippen LogP contribution in [0.4, 0.5) is 0 Å². The number of amides is 1. The van der Waals surface area contributed by atoms with Gasteiger partial charge < -0.3 is 10.6 Å². The van der Waals surface area contributed by atoms with Gasteiger partial charge in [-0.1, -0.05) is 12.5 Å². The van der Waals surface area contributed by atoms with Gasteiger partial charge in [0.25, 0.3) is 0 Å². The maximum Gasteiger partial charge on any atom is 0.244 e. The predicted molar refractivity (Wildman–Crippen MR) is 60.0 cm³/mol. The fourth-order valence-corrected chi connectivity index (χ4v) is 1.17. The van der Waals surface area contributed by atoms with E-state index in [4.69, 9.17) is 5.73 Å². The van der Waals surface area contributed by atoms with E-state index in [1.807, 2.05) is 6.08 Å². The topological polar surface area (TPSA) is 46.3 Å². The molecule has 0 radical (unpaired) electrons. The van der Waals surface area contributed by atoms with Gasteiger partial charge in [0.15, 0.2) is 0 Å². The molecule has 0 aliphatic carbocycles. The molecule has 0 unspecified atom stereocenters. The normalized spacial score (nSPS) is 12.1. The molecular formula is C11H22N2O. The number of unbranched alkanes of at least 4 members (excludes halogenated alkanes) is 3. The zero-order chi connectivity index (χ0) is 11.0. The van der Waals surface area contributed by atoms with Gasteiger partial charge in [0.1, 0.15) is 0 Å². The third kappa shape index (κ3) is 7.80. The summed E-state index contributed by atoms with van der Waals surface area (Å²) in [7, 11) is 4.16. The highest BCUT2D eigenvalue weighted by molar-refractivity contribution is 5.91. The van der Waals surface area contributed by atoms with Crippen molar-refractivity contribution in [1.82, 2.24) is 4.90 Å². The summed E-state index contributed by atoms with van der Waals surface area (Å²) in [5.74, 6) is -0.307. The summed E-state index contributed by atoms with van der Waals surface area (Å²) < 4.78 is 0. The van der Waals surface area contributed by atoms with E-state index in [0.717, 1.165) is 19.4 Å². The molecule has 2 N–H and O–H groups in total. The number of nitrogens with zero attached hydrogens (tertiary/aromatic N) is 1. The van der Waals surface area contributed by atoms with E-state index in [2.05, 4.69) is 19.0 Å². The highest BCUT2D eigenvalue weighted by atomic mass is 16.1. The smallest absolute Gasteiger partial charge is 0.244 e. The first-order valence-electron chi connectivity index (χ1n) is 5.15. The molecule has 0 heterocycles. The highest BCUT2D eigenvalue weighted by Gasteiger charge is 1.95. The van der Waals surface area contributed by atoms with Crippen LogP contribution < -0.4 is 5.73 Å². The van der Waals surface area contributed by atoms with Crippen LogP contribution in [0.1, 0.15) is 32.6 Å². The van der Waals surface area contributed by atoms with E-state index in [0.29, 0.717) is 5.57 Å². The lowest BCUT2D eigenvalue weighted by Crippen LogP contribution is -2.12. The van der Waals surface area contributed by atoms with Crippen molar-refractivity contribution in [3.05, 3.63) is 11.6 Å². The van der Waals surface area contributed by atoms with E-state index >= 15 is 0 Å². The molecule has 0 spiro atoms. The molecule has 0 fully saturated rings. The summed E-state index contributed by atoms with van der Waals surface area (Å²) in [6.45, 7) is 2.90. The van der Waals surface area contributed by atoms with Gasteiger partial charge in [0, 0.05) is 5.57 Å². The number of hydrogen-bond donors (Lipinski definition) is 1. The van der Waals surface area contributed by atoms with Crippen LogP contribution in [0.3, 0.4) is 0 Å². The summed E-state index contributed by atoms with van der Waals surface area (Å²) in [5.41, 5.74) is 5.78. The maximum atomic E-state index is 10.7. The standard InChI is InChI=1S/C11H22N2O/c1-10(11(12)14)8-6-4-5-7-9-13(2)3/h8H,4-7,9H2,1-3H3,(H2,12,14). The number of carbonyl (C=O) groups excluding carboxylic acids is 1. The largest absolute Gasteiger partial charge is 0.366 e. The van der Waals surface area contributed by atoms with Crippen molar-refractivity contribution in [1.29, 1.82) is 0 Å². The summed E-state index contributed by atoms with van der Waals surface area (Å²) >= 11 is 0. The Morgan fingerprint density at radius 1 is 1.29 bits per heavy atom.